The Labute approximate surface area is 156 Å². The summed E-state index contributed by atoms with van der Waals surface area (Å²) in [5.41, 5.74) is 0.476. The van der Waals surface area contributed by atoms with E-state index in [1.54, 1.807) is 18.2 Å². The lowest BCUT2D eigenvalue weighted by Gasteiger charge is -2.19. The zero-order valence-electron chi connectivity index (χ0n) is 13.8. The normalized spacial score (nSPS) is 18.3. The molecule has 1 aromatic carbocycles. The molecular formula is C17H20Cl2N2O4. The van der Waals surface area contributed by atoms with E-state index in [2.05, 4.69) is 5.32 Å². The van der Waals surface area contributed by atoms with Gasteiger partial charge in [0.15, 0.2) is 0 Å². The van der Waals surface area contributed by atoms with Crippen LogP contribution in [0.15, 0.2) is 18.2 Å². The van der Waals surface area contributed by atoms with E-state index in [0.717, 1.165) is 0 Å². The molecule has 1 aliphatic rings. The Morgan fingerprint density at radius 2 is 2.12 bits per heavy atom. The Bertz CT molecular complexity index is 681. The number of carboxylic acid groups (broad SMARTS) is 1. The van der Waals surface area contributed by atoms with Gasteiger partial charge in [-0.25, -0.2) is 0 Å². The van der Waals surface area contributed by atoms with Crippen molar-refractivity contribution in [1.29, 1.82) is 0 Å². The van der Waals surface area contributed by atoms with Gasteiger partial charge in [-0.15, -0.1) is 0 Å². The highest BCUT2D eigenvalue weighted by molar-refractivity contribution is 6.36. The van der Waals surface area contributed by atoms with Gasteiger partial charge in [0.1, 0.15) is 5.92 Å². The summed E-state index contributed by atoms with van der Waals surface area (Å²) in [6.07, 6.45) is 1.52. The fourth-order valence-corrected chi connectivity index (χ4v) is 3.25. The van der Waals surface area contributed by atoms with Crippen LogP contribution in [0.25, 0.3) is 0 Å². The molecule has 2 atom stereocenters. The van der Waals surface area contributed by atoms with Crippen LogP contribution in [-0.4, -0.2) is 36.0 Å². The molecule has 0 aromatic heterocycles. The number of nitrogens with zero attached hydrogens (tertiary/aromatic N) is 1. The number of carbonyl (C=O) groups is 3. The van der Waals surface area contributed by atoms with Crippen molar-refractivity contribution in [1.82, 2.24) is 5.32 Å². The van der Waals surface area contributed by atoms with E-state index < -0.39 is 23.7 Å². The van der Waals surface area contributed by atoms with Crippen molar-refractivity contribution in [3.05, 3.63) is 28.2 Å². The van der Waals surface area contributed by atoms with Crippen molar-refractivity contribution in [2.75, 3.05) is 18.0 Å². The van der Waals surface area contributed by atoms with Crippen molar-refractivity contribution in [2.45, 2.75) is 26.2 Å². The van der Waals surface area contributed by atoms with Gasteiger partial charge in [0.05, 0.1) is 16.6 Å². The molecule has 2 rings (SSSR count). The Hall–Kier alpha value is -1.79. The zero-order valence-corrected chi connectivity index (χ0v) is 15.3. The number of aliphatic carboxylic acids is 1. The standard InChI is InChI=1S/C17H20Cl2N2O4/c1-2-3-10(17(24)25)9-20-15(22)12-6-7-21(16(12)23)14-8-11(18)4-5-13(14)19/h4-5,8,10,12H,2-3,6-7,9H2,1H3,(H,20,22)(H,24,25). The average Bonchev–Trinajstić information content (AvgIpc) is 2.94. The molecule has 0 saturated carbocycles. The second kappa shape index (κ2) is 8.54. The Morgan fingerprint density at radius 3 is 2.76 bits per heavy atom. The highest BCUT2D eigenvalue weighted by Gasteiger charge is 2.38. The molecule has 2 unspecified atom stereocenters. The Kier molecular flexibility index (Phi) is 6.67. The maximum atomic E-state index is 12.6. The molecule has 0 radical (unpaired) electrons. The minimum absolute atomic E-state index is 0.0176. The number of halogens is 2. The second-order valence-electron chi connectivity index (χ2n) is 6.00. The lowest BCUT2D eigenvalue weighted by atomic mass is 10.0. The monoisotopic (exact) mass is 386 g/mol. The van der Waals surface area contributed by atoms with Gasteiger partial charge in [0, 0.05) is 18.1 Å². The third-order valence-corrected chi connectivity index (χ3v) is 4.78. The number of rotatable bonds is 7. The van der Waals surface area contributed by atoms with Crippen LogP contribution in [0, 0.1) is 11.8 Å². The zero-order chi connectivity index (χ0) is 18.6. The van der Waals surface area contributed by atoms with Gasteiger partial charge in [-0.05, 0) is 31.0 Å². The first kappa shape index (κ1) is 19.5. The van der Waals surface area contributed by atoms with Crippen molar-refractivity contribution < 1.29 is 19.5 Å². The van der Waals surface area contributed by atoms with Crippen LogP contribution in [0.5, 0.6) is 0 Å². The molecule has 1 heterocycles. The topological polar surface area (TPSA) is 86.7 Å². The summed E-state index contributed by atoms with van der Waals surface area (Å²) in [6.45, 7) is 2.25. The highest BCUT2D eigenvalue weighted by atomic mass is 35.5. The van der Waals surface area contributed by atoms with E-state index >= 15 is 0 Å². The van der Waals surface area contributed by atoms with Crippen molar-refractivity contribution in [3.63, 3.8) is 0 Å². The van der Waals surface area contributed by atoms with Crippen LogP contribution in [0.1, 0.15) is 26.2 Å². The van der Waals surface area contributed by atoms with Crippen molar-refractivity contribution in [2.24, 2.45) is 11.8 Å². The van der Waals surface area contributed by atoms with Crippen LogP contribution >= 0.6 is 23.2 Å². The van der Waals surface area contributed by atoms with E-state index in [4.69, 9.17) is 28.3 Å². The third kappa shape index (κ3) is 4.64. The summed E-state index contributed by atoms with van der Waals surface area (Å²) in [5.74, 6) is -3.25. The SMILES string of the molecule is CCCC(CNC(=O)C1CCN(c2cc(Cl)ccc2Cl)C1=O)C(=O)O. The van der Waals surface area contributed by atoms with Gasteiger partial charge in [-0.1, -0.05) is 36.5 Å². The van der Waals surface area contributed by atoms with Gasteiger partial charge in [-0.2, -0.15) is 0 Å². The Balaban J connectivity index is 2.02. The van der Waals surface area contributed by atoms with Gasteiger partial charge in [-0.3, -0.25) is 14.4 Å². The van der Waals surface area contributed by atoms with Gasteiger partial charge >= 0.3 is 5.97 Å². The second-order valence-corrected chi connectivity index (χ2v) is 6.84. The van der Waals surface area contributed by atoms with Gasteiger partial charge < -0.3 is 15.3 Å². The molecule has 1 aromatic rings. The van der Waals surface area contributed by atoms with Crippen LogP contribution in [0.4, 0.5) is 5.69 Å². The third-order valence-electron chi connectivity index (χ3n) is 4.23. The fourth-order valence-electron chi connectivity index (χ4n) is 2.86. The number of carbonyl (C=O) groups excluding carboxylic acids is 2. The molecule has 0 spiro atoms. The summed E-state index contributed by atoms with van der Waals surface area (Å²) >= 11 is 12.1. The molecule has 0 bridgehead atoms. The predicted molar refractivity (Wildman–Crippen MR) is 96.0 cm³/mol. The Morgan fingerprint density at radius 1 is 1.40 bits per heavy atom. The minimum Gasteiger partial charge on any atom is -0.481 e. The van der Waals surface area contributed by atoms with Crippen LogP contribution in [-0.2, 0) is 14.4 Å². The summed E-state index contributed by atoms with van der Waals surface area (Å²) in [5, 5.41) is 12.6. The first-order chi connectivity index (χ1) is 11.8. The number of hydrogen-bond acceptors (Lipinski definition) is 3. The molecule has 8 heteroatoms. The number of carboxylic acids is 1. The van der Waals surface area contributed by atoms with Gasteiger partial charge in [0.2, 0.25) is 11.8 Å². The van der Waals surface area contributed by atoms with Crippen LogP contribution in [0.3, 0.4) is 0 Å². The highest BCUT2D eigenvalue weighted by Crippen LogP contribution is 2.33. The number of anilines is 1. The molecule has 25 heavy (non-hydrogen) atoms. The summed E-state index contributed by atoms with van der Waals surface area (Å²) in [7, 11) is 0. The number of amides is 2. The van der Waals surface area contributed by atoms with Crippen molar-refractivity contribution in [3.8, 4) is 0 Å². The summed E-state index contributed by atoms with van der Waals surface area (Å²) in [4.78, 5) is 37.5. The lowest BCUT2D eigenvalue weighted by molar-refractivity contribution is -0.142. The molecule has 1 fully saturated rings. The maximum Gasteiger partial charge on any atom is 0.308 e. The van der Waals surface area contributed by atoms with Crippen molar-refractivity contribution >= 4 is 46.7 Å². The largest absolute Gasteiger partial charge is 0.481 e. The number of nitrogens with one attached hydrogen (secondary N) is 1. The molecule has 136 valence electrons. The number of benzene rings is 1. The predicted octanol–water partition coefficient (Wildman–Crippen LogP) is 2.96. The molecule has 2 amide bonds. The maximum absolute atomic E-state index is 12.6. The smallest absolute Gasteiger partial charge is 0.308 e. The van der Waals surface area contributed by atoms with E-state index in [1.165, 1.54) is 4.90 Å². The first-order valence-corrected chi connectivity index (χ1v) is 8.87. The molecule has 6 nitrogen and oxygen atoms in total. The molecule has 1 saturated heterocycles. The molecular weight excluding hydrogens is 367 g/mol. The van der Waals surface area contributed by atoms with E-state index in [0.29, 0.717) is 41.5 Å². The molecule has 0 aliphatic carbocycles. The van der Waals surface area contributed by atoms with Crippen LogP contribution in [0.2, 0.25) is 10.0 Å². The molecule has 1 aliphatic heterocycles. The summed E-state index contributed by atoms with van der Waals surface area (Å²) in [6, 6.07) is 4.81. The van der Waals surface area contributed by atoms with Crippen LogP contribution < -0.4 is 10.2 Å². The number of hydrogen-bond donors (Lipinski definition) is 2. The minimum atomic E-state index is -0.952. The summed E-state index contributed by atoms with van der Waals surface area (Å²) < 4.78 is 0. The van der Waals surface area contributed by atoms with E-state index in [-0.39, 0.29) is 12.5 Å². The first-order valence-electron chi connectivity index (χ1n) is 8.12. The van der Waals surface area contributed by atoms with E-state index in [1.807, 2.05) is 6.92 Å². The fraction of sp³-hybridized carbons (Fsp3) is 0.471. The van der Waals surface area contributed by atoms with Gasteiger partial charge in [0.25, 0.3) is 0 Å². The van der Waals surface area contributed by atoms with E-state index in [9.17, 15) is 14.4 Å². The lowest BCUT2D eigenvalue weighted by Crippen LogP contribution is -2.40. The molecule has 2 N–H and O–H groups in total. The average molecular weight is 387 g/mol. The quantitative estimate of drug-likeness (QED) is 0.705.